The number of benzene rings is 2. The first-order valence-electron chi connectivity index (χ1n) is 12.2. The van der Waals surface area contributed by atoms with E-state index >= 15 is 0 Å². The fourth-order valence-electron chi connectivity index (χ4n) is 5.32. The largest absolute Gasteiger partial charge is 0.349 e. The topological polar surface area (TPSA) is 93.4 Å². The molecule has 1 aliphatic rings. The Labute approximate surface area is 207 Å². The fraction of sp³-hybridized carbons (Fsp3) is 0.321. The van der Waals surface area contributed by atoms with Crippen LogP contribution in [0.3, 0.4) is 0 Å². The SMILES string of the molecule is CC(NC(=O)c1cccc2ccn(Cc3ccc4cc(F)ccc4n3)c12)C1CCC(C(=O)N=O)CC1. The van der Waals surface area contributed by atoms with Gasteiger partial charge in [-0.1, -0.05) is 18.2 Å². The zero-order valence-electron chi connectivity index (χ0n) is 20.0. The summed E-state index contributed by atoms with van der Waals surface area (Å²) in [6, 6.07) is 15.8. The third-order valence-corrected chi connectivity index (χ3v) is 7.35. The zero-order chi connectivity index (χ0) is 25.2. The Kier molecular flexibility index (Phi) is 6.59. The molecule has 2 aromatic heterocycles. The van der Waals surface area contributed by atoms with Crippen LogP contribution in [0.15, 0.2) is 66.0 Å². The number of nitroso groups, excluding NO2 is 1. The summed E-state index contributed by atoms with van der Waals surface area (Å²) < 4.78 is 15.5. The Hall–Kier alpha value is -3.94. The van der Waals surface area contributed by atoms with Gasteiger partial charge in [-0.05, 0) is 74.9 Å². The number of carbonyl (C=O) groups is 2. The highest BCUT2D eigenvalue weighted by Crippen LogP contribution is 2.32. The summed E-state index contributed by atoms with van der Waals surface area (Å²) >= 11 is 0. The quantitative estimate of drug-likeness (QED) is 0.359. The number of rotatable bonds is 6. The van der Waals surface area contributed by atoms with Crippen LogP contribution in [0.25, 0.3) is 21.8 Å². The first kappa shape index (κ1) is 23.8. The maximum absolute atomic E-state index is 13.5. The van der Waals surface area contributed by atoms with E-state index in [1.165, 1.54) is 12.1 Å². The van der Waals surface area contributed by atoms with Crippen molar-refractivity contribution in [2.75, 3.05) is 0 Å². The van der Waals surface area contributed by atoms with Crippen molar-refractivity contribution in [1.82, 2.24) is 14.9 Å². The molecule has 0 saturated heterocycles. The standard InChI is InChI=1S/C28H27FN4O3/c1-17(18-5-7-20(8-6-18)27(34)32-36)30-28(35)24-4-2-3-19-13-14-33(26(19)24)16-23-11-9-21-15-22(29)10-12-25(21)31-23/h2-4,9-15,17-18,20H,5-8,16H2,1H3,(H,30,35). The van der Waals surface area contributed by atoms with E-state index in [9.17, 15) is 18.9 Å². The molecule has 0 radical (unpaired) electrons. The second-order valence-electron chi connectivity index (χ2n) is 9.63. The molecule has 1 fully saturated rings. The van der Waals surface area contributed by atoms with Crippen molar-refractivity contribution < 1.29 is 14.0 Å². The number of fused-ring (bicyclic) bond motifs is 2. The molecule has 1 saturated carbocycles. The van der Waals surface area contributed by atoms with Gasteiger partial charge in [0.15, 0.2) is 0 Å². The first-order chi connectivity index (χ1) is 17.4. The molecule has 2 amide bonds. The van der Waals surface area contributed by atoms with Crippen LogP contribution in [0, 0.1) is 22.6 Å². The van der Waals surface area contributed by atoms with E-state index in [0.717, 1.165) is 40.3 Å². The van der Waals surface area contributed by atoms with Crippen LogP contribution in [0.4, 0.5) is 4.39 Å². The van der Waals surface area contributed by atoms with Crippen molar-refractivity contribution >= 4 is 33.6 Å². The highest BCUT2D eigenvalue weighted by Gasteiger charge is 2.30. The van der Waals surface area contributed by atoms with Crippen LogP contribution >= 0.6 is 0 Å². The number of hydrogen-bond donors (Lipinski definition) is 1. The van der Waals surface area contributed by atoms with Gasteiger partial charge in [0.05, 0.1) is 28.8 Å². The number of aromatic nitrogens is 2. The van der Waals surface area contributed by atoms with Gasteiger partial charge in [0.1, 0.15) is 5.82 Å². The minimum atomic E-state index is -0.564. The normalized spacial score (nSPS) is 18.7. The number of halogens is 1. The summed E-state index contributed by atoms with van der Waals surface area (Å²) in [6.45, 7) is 2.46. The Morgan fingerprint density at radius 1 is 1.08 bits per heavy atom. The lowest BCUT2D eigenvalue weighted by molar-refractivity contribution is -0.122. The third-order valence-electron chi connectivity index (χ3n) is 7.35. The summed E-state index contributed by atoms with van der Waals surface area (Å²) in [5, 5.41) is 7.42. The third kappa shape index (κ3) is 4.76. The molecule has 0 aliphatic heterocycles. The van der Waals surface area contributed by atoms with E-state index in [4.69, 9.17) is 0 Å². The predicted molar refractivity (Wildman–Crippen MR) is 136 cm³/mol. The highest BCUT2D eigenvalue weighted by molar-refractivity contribution is 6.06. The summed E-state index contributed by atoms with van der Waals surface area (Å²) in [5.41, 5.74) is 2.94. The van der Waals surface area contributed by atoms with E-state index in [1.807, 2.05) is 54.1 Å². The predicted octanol–water partition coefficient (Wildman–Crippen LogP) is 5.59. The number of hydrogen-bond acceptors (Lipinski definition) is 4. The average molecular weight is 487 g/mol. The summed E-state index contributed by atoms with van der Waals surface area (Å²) in [4.78, 5) is 40.1. The Morgan fingerprint density at radius 2 is 1.89 bits per heavy atom. The van der Waals surface area contributed by atoms with Gasteiger partial charge in [0, 0.05) is 34.1 Å². The molecule has 1 N–H and O–H groups in total. The molecule has 2 aromatic carbocycles. The van der Waals surface area contributed by atoms with Crippen LogP contribution in [0.2, 0.25) is 0 Å². The van der Waals surface area contributed by atoms with Gasteiger partial charge in [-0.2, -0.15) is 0 Å². The van der Waals surface area contributed by atoms with E-state index in [-0.39, 0.29) is 29.6 Å². The van der Waals surface area contributed by atoms with Crippen molar-refractivity contribution in [3.05, 3.63) is 82.8 Å². The molecule has 2 heterocycles. The number of nitrogens with zero attached hydrogens (tertiary/aromatic N) is 3. The van der Waals surface area contributed by atoms with Crippen molar-refractivity contribution in [2.45, 2.75) is 45.2 Å². The number of carbonyl (C=O) groups excluding carboxylic acids is 2. The molecular weight excluding hydrogens is 459 g/mol. The minimum Gasteiger partial charge on any atom is -0.349 e. The van der Waals surface area contributed by atoms with Gasteiger partial charge >= 0.3 is 0 Å². The van der Waals surface area contributed by atoms with Crippen LogP contribution in [0.1, 0.15) is 48.7 Å². The van der Waals surface area contributed by atoms with Crippen molar-refractivity contribution in [2.24, 2.45) is 17.0 Å². The second kappa shape index (κ2) is 9.97. The Bertz CT molecular complexity index is 1460. The van der Waals surface area contributed by atoms with Crippen LogP contribution in [-0.2, 0) is 11.3 Å². The molecule has 1 aliphatic carbocycles. The van der Waals surface area contributed by atoms with Gasteiger partial charge in [0.2, 0.25) is 0 Å². The monoisotopic (exact) mass is 486 g/mol. The number of nitrogens with one attached hydrogen (secondary N) is 1. The average Bonchev–Trinajstić information content (AvgIpc) is 3.31. The van der Waals surface area contributed by atoms with Gasteiger partial charge in [0.25, 0.3) is 11.8 Å². The van der Waals surface area contributed by atoms with Gasteiger partial charge in [-0.3, -0.25) is 14.6 Å². The molecular formula is C28H27FN4O3. The van der Waals surface area contributed by atoms with Crippen LogP contribution in [-0.4, -0.2) is 27.4 Å². The summed E-state index contributed by atoms with van der Waals surface area (Å²) in [6.07, 6.45) is 4.73. The minimum absolute atomic E-state index is 0.0704. The van der Waals surface area contributed by atoms with Crippen molar-refractivity contribution in [3.8, 4) is 0 Å². The number of pyridine rings is 1. The van der Waals surface area contributed by atoms with Gasteiger partial charge in [-0.15, -0.1) is 4.91 Å². The maximum Gasteiger partial charge on any atom is 0.289 e. The van der Waals surface area contributed by atoms with Gasteiger partial charge in [-0.25, -0.2) is 4.39 Å². The van der Waals surface area contributed by atoms with Crippen molar-refractivity contribution in [1.29, 1.82) is 0 Å². The molecule has 0 spiro atoms. The van der Waals surface area contributed by atoms with E-state index < -0.39 is 5.91 Å². The summed E-state index contributed by atoms with van der Waals surface area (Å²) in [7, 11) is 0. The molecule has 8 heteroatoms. The highest BCUT2D eigenvalue weighted by atomic mass is 19.1. The molecule has 0 bridgehead atoms. The summed E-state index contributed by atoms with van der Waals surface area (Å²) in [5.74, 6) is -1.06. The number of amides is 2. The number of para-hydroxylation sites is 1. The van der Waals surface area contributed by atoms with E-state index in [1.54, 1.807) is 6.07 Å². The van der Waals surface area contributed by atoms with E-state index in [2.05, 4.69) is 15.5 Å². The van der Waals surface area contributed by atoms with E-state index in [0.29, 0.717) is 24.9 Å². The lowest BCUT2D eigenvalue weighted by atomic mass is 9.78. The lowest BCUT2D eigenvalue weighted by Crippen LogP contribution is -2.40. The lowest BCUT2D eigenvalue weighted by Gasteiger charge is -2.31. The molecule has 7 nitrogen and oxygen atoms in total. The molecule has 36 heavy (non-hydrogen) atoms. The van der Waals surface area contributed by atoms with Crippen molar-refractivity contribution in [3.63, 3.8) is 0 Å². The Balaban J connectivity index is 1.34. The van der Waals surface area contributed by atoms with Crippen LogP contribution in [0.5, 0.6) is 0 Å². The first-order valence-corrected chi connectivity index (χ1v) is 12.2. The molecule has 4 aromatic rings. The zero-order valence-corrected chi connectivity index (χ0v) is 20.0. The molecule has 1 unspecified atom stereocenters. The molecule has 184 valence electrons. The van der Waals surface area contributed by atoms with Gasteiger partial charge < -0.3 is 9.88 Å². The smallest absolute Gasteiger partial charge is 0.289 e. The molecule has 1 atom stereocenters. The maximum atomic E-state index is 13.5. The fourth-order valence-corrected chi connectivity index (χ4v) is 5.32. The second-order valence-corrected chi connectivity index (χ2v) is 9.63. The van der Waals surface area contributed by atoms with Crippen LogP contribution < -0.4 is 5.32 Å². The molecule has 5 rings (SSSR count). The Morgan fingerprint density at radius 3 is 2.67 bits per heavy atom.